The van der Waals surface area contributed by atoms with Crippen LogP contribution in [0.4, 0.5) is 17.1 Å². The van der Waals surface area contributed by atoms with Gasteiger partial charge in [0.05, 0.1) is 56.1 Å². The summed E-state index contributed by atoms with van der Waals surface area (Å²) in [5, 5.41) is 0. The Bertz CT molecular complexity index is 4720. The van der Waals surface area contributed by atoms with Gasteiger partial charge >= 0.3 is 0 Å². The number of hydrogen-bond acceptors (Lipinski definition) is 1. The highest BCUT2D eigenvalue weighted by molar-refractivity contribution is 5.96. The van der Waals surface area contributed by atoms with Crippen molar-refractivity contribution in [1.82, 2.24) is 0 Å². The Morgan fingerprint density at radius 2 is 0.571 bits per heavy atom. The second-order valence-corrected chi connectivity index (χ2v) is 12.0. The van der Waals surface area contributed by atoms with E-state index in [4.69, 9.17) is 24.7 Å². The van der Waals surface area contributed by atoms with Gasteiger partial charge in [-0.25, -0.2) is 0 Å². The van der Waals surface area contributed by atoms with Crippen LogP contribution < -0.4 is 4.90 Å². The number of nitrogens with zero attached hydrogens (tertiary/aromatic N) is 1. The summed E-state index contributed by atoms with van der Waals surface area (Å²) >= 11 is 0. The van der Waals surface area contributed by atoms with Crippen LogP contribution in [0.15, 0.2) is 224 Å². The molecule has 0 aliphatic heterocycles. The molecule has 1 heteroatoms. The lowest BCUT2D eigenvalue weighted by atomic mass is 9.70. The van der Waals surface area contributed by atoms with Crippen LogP contribution in [0.2, 0.25) is 0 Å². The molecule has 0 saturated carbocycles. The summed E-state index contributed by atoms with van der Waals surface area (Å²) < 4.78 is 337. The molecule has 9 aromatic rings. The van der Waals surface area contributed by atoms with Crippen LogP contribution in [0.3, 0.4) is 0 Å². The molecule has 0 heterocycles. The maximum Gasteiger partial charge on any atom is 0.0725 e. The van der Waals surface area contributed by atoms with Gasteiger partial charge in [-0.3, -0.25) is 0 Å². The molecule has 0 unspecified atom stereocenters. The Hall–Kier alpha value is -7.22. The third kappa shape index (κ3) is 4.95. The average Bonchev–Trinajstić information content (AvgIpc) is 1.48. The summed E-state index contributed by atoms with van der Waals surface area (Å²) in [4.78, 5) is 0.223. The monoisotopic (exact) mass is 749 g/mol. The quantitative estimate of drug-likeness (QED) is 0.164. The molecule has 56 heavy (non-hydrogen) atoms. The molecule has 0 saturated heterocycles. The Kier molecular flexibility index (Phi) is 2.81. The van der Waals surface area contributed by atoms with Gasteiger partial charge in [0.1, 0.15) is 0 Å². The third-order valence-electron chi connectivity index (χ3n) is 9.13. The molecule has 11 rings (SSSR count). The van der Waals surface area contributed by atoms with Crippen LogP contribution in [0.5, 0.6) is 0 Å². The first kappa shape index (κ1) is 12.1. The lowest BCUT2D eigenvalue weighted by molar-refractivity contribution is 0.794. The second-order valence-electron chi connectivity index (χ2n) is 12.0. The number of anilines is 3. The molecule has 0 amide bonds. The van der Waals surface area contributed by atoms with Gasteiger partial charge in [-0.05, 0) is 120 Å². The van der Waals surface area contributed by atoms with E-state index < -0.39 is 324 Å². The minimum Gasteiger partial charge on any atom is -0.311 e. The summed E-state index contributed by atoms with van der Waals surface area (Å²) in [5.41, 5.74) is -18.1. The van der Waals surface area contributed by atoms with Crippen molar-refractivity contribution in [2.75, 3.05) is 4.90 Å². The zero-order valence-corrected chi connectivity index (χ0v) is 27.9. The molecule has 0 aromatic heterocycles. The minimum absolute atomic E-state index is 0.223. The number of benzene rings is 9. The highest BCUT2D eigenvalue weighted by Gasteiger charge is 2.51. The summed E-state index contributed by atoms with van der Waals surface area (Å²) in [7, 11) is 0. The Morgan fingerprint density at radius 3 is 1.00 bits per heavy atom. The molecule has 1 nitrogen and oxygen atoms in total. The lowest BCUT2D eigenvalue weighted by Gasteiger charge is -2.30. The van der Waals surface area contributed by atoms with Crippen LogP contribution in [-0.4, -0.2) is 0 Å². The van der Waals surface area contributed by atoms with E-state index in [2.05, 4.69) is 0 Å². The molecule has 262 valence electrons. The van der Waals surface area contributed by atoms with E-state index in [-0.39, 0.29) is 4.90 Å². The molecule has 2 aliphatic carbocycles. The molecule has 0 atom stereocenters. The standard InChI is InChI=1S/C55H37N/c1-3-13-38(14-4-1)40-23-30-44(31-24-40)56(45-32-25-41(26-33-45)39-15-5-2-6-16-39)46-34-27-42(28-35-46)43-29-36-54-50(37-43)49-19-9-12-22-53(49)55(54)51-20-10-7-17-47(51)48-18-8-11-21-52(48)55/h1-37H/i1D,2D,3D,4D,5D,6D,7D,8D,9D,10D,11D,12D,13D,14D,15D,16D,17D,18D,19D,20D,21D,22D,23D,24D,25D,26D,27D,28D,29D,30D,31D,32D,33D,34D,35D,36D,37D. The third-order valence-corrected chi connectivity index (χ3v) is 9.13. The normalized spacial score (nSPS) is 22.0. The molecule has 2 aliphatic rings. The molecular formula is C55H37N. The van der Waals surface area contributed by atoms with Crippen molar-refractivity contribution < 1.29 is 50.7 Å². The van der Waals surface area contributed by atoms with Crippen molar-refractivity contribution in [2.24, 2.45) is 0 Å². The van der Waals surface area contributed by atoms with Crippen LogP contribution in [-0.2, 0) is 5.41 Å². The molecule has 1 spiro atoms. The average molecular weight is 749 g/mol. The van der Waals surface area contributed by atoms with E-state index in [1.54, 1.807) is 0 Å². The molecule has 0 bridgehead atoms. The van der Waals surface area contributed by atoms with Gasteiger partial charge in [0, 0.05) is 17.1 Å². The molecular weight excluding hydrogens is 675 g/mol. The topological polar surface area (TPSA) is 3.24 Å². The van der Waals surface area contributed by atoms with E-state index in [1.807, 2.05) is 0 Å². The first-order chi connectivity index (χ1) is 43.2. The van der Waals surface area contributed by atoms with Crippen molar-refractivity contribution in [1.29, 1.82) is 0 Å². The lowest BCUT2D eigenvalue weighted by Crippen LogP contribution is -2.25. The SMILES string of the molecule is [2H]c1c([2H])c([2H])c(-c2c([2H])c([2H])c(N(c3c([2H])c([2H])c(-c4c([2H])c([2H])c([2H])c([2H])c4[2H])c([2H])c3[2H])c3c([2H])c([2H])c(-c4c([2H])c([2H])c5c(c4[2H])-c4c([2H])c([2H])c([2H])c([2H])c4C54c5c([2H])c([2H])c([2H])c([2H])c5-c5c([2H])c([2H])c([2H])c([2H])c54)c([2H])c3[2H])c([2H])c2[2H])c([2H])c1[2H]. The van der Waals surface area contributed by atoms with Crippen molar-refractivity contribution in [3.05, 3.63) is 246 Å². The molecule has 0 N–H and O–H groups in total. The Morgan fingerprint density at radius 1 is 0.268 bits per heavy atom. The zero-order valence-electron chi connectivity index (χ0n) is 64.9. The highest BCUT2D eigenvalue weighted by Crippen LogP contribution is 2.63. The number of fused-ring (bicyclic) bond motifs is 10. The Labute approximate surface area is 380 Å². The summed E-state index contributed by atoms with van der Waals surface area (Å²) in [6.45, 7) is 0. The fourth-order valence-corrected chi connectivity index (χ4v) is 6.81. The first-order valence-electron chi connectivity index (χ1n) is 34.9. The van der Waals surface area contributed by atoms with E-state index in [0.717, 1.165) is 0 Å². The second kappa shape index (κ2) is 13.0. The van der Waals surface area contributed by atoms with Crippen molar-refractivity contribution in [3.8, 4) is 55.6 Å². The van der Waals surface area contributed by atoms with E-state index in [9.17, 15) is 26.0 Å². The van der Waals surface area contributed by atoms with E-state index in [1.165, 1.54) is 0 Å². The highest BCUT2D eigenvalue weighted by atomic mass is 15.1. The summed E-state index contributed by atoms with van der Waals surface area (Å²) in [6.07, 6.45) is 0. The van der Waals surface area contributed by atoms with Crippen LogP contribution in [0.1, 0.15) is 73.0 Å². The maximum absolute atomic E-state index is 10.1. The van der Waals surface area contributed by atoms with E-state index >= 15 is 0 Å². The summed E-state index contributed by atoms with van der Waals surface area (Å²) in [5.74, 6) is 0. The minimum atomic E-state index is -2.86. The first-order valence-corrected chi connectivity index (χ1v) is 16.4. The fourth-order valence-electron chi connectivity index (χ4n) is 6.81. The maximum atomic E-state index is 10.1. The fraction of sp³-hybridized carbons (Fsp3) is 0.0182. The smallest absolute Gasteiger partial charge is 0.0725 e. The molecule has 0 fully saturated rings. The van der Waals surface area contributed by atoms with Gasteiger partial charge in [-0.1, -0.05) is 181 Å². The van der Waals surface area contributed by atoms with Gasteiger partial charge in [0.2, 0.25) is 0 Å². The van der Waals surface area contributed by atoms with Gasteiger partial charge in [0.25, 0.3) is 0 Å². The predicted octanol–water partition coefficient (Wildman–Crippen LogP) is 14.5. The van der Waals surface area contributed by atoms with E-state index in [0.29, 0.717) is 0 Å². The van der Waals surface area contributed by atoms with Gasteiger partial charge in [-0.15, -0.1) is 0 Å². The van der Waals surface area contributed by atoms with Gasteiger partial charge in [0.15, 0.2) is 0 Å². The number of hydrogen-bond donors (Lipinski definition) is 0. The predicted molar refractivity (Wildman–Crippen MR) is 234 cm³/mol. The van der Waals surface area contributed by atoms with Crippen LogP contribution in [0, 0.1) is 0 Å². The zero-order chi connectivity index (χ0) is 69.3. The number of rotatable bonds is 6. The van der Waals surface area contributed by atoms with Gasteiger partial charge in [-0.2, -0.15) is 0 Å². The van der Waals surface area contributed by atoms with Crippen LogP contribution >= 0.6 is 0 Å². The largest absolute Gasteiger partial charge is 0.311 e. The summed E-state index contributed by atoms with van der Waals surface area (Å²) in [6, 6.07) is -41.1. The van der Waals surface area contributed by atoms with Crippen molar-refractivity contribution in [3.63, 3.8) is 0 Å². The molecule has 9 aromatic carbocycles. The van der Waals surface area contributed by atoms with Gasteiger partial charge < -0.3 is 4.90 Å². The molecule has 0 radical (unpaired) electrons. The van der Waals surface area contributed by atoms with Crippen LogP contribution in [0.25, 0.3) is 55.6 Å². The van der Waals surface area contributed by atoms with Crippen molar-refractivity contribution >= 4 is 17.1 Å². The Balaban J connectivity index is 1.29. The van der Waals surface area contributed by atoms with Crippen molar-refractivity contribution in [2.45, 2.75) is 5.41 Å².